The van der Waals surface area contributed by atoms with E-state index in [9.17, 15) is 4.79 Å². The molecule has 3 N–H and O–H groups in total. The number of nitrogens with two attached hydrogens (primary N) is 1. The molecule has 6 heteroatoms. The van der Waals surface area contributed by atoms with Crippen molar-refractivity contribution >= 4 is 32.7 Å². The molecule has 1 aromatic heterocycles. The number of hydrogen-bond donors (Lipinski definition) is 2. The van der Waals surface area contributed by atoms with Gasteiger partial charge in [0.2, 0.25) is 0 Å². The molecular formula is C14H17BrN4O. The van der Waals surface area contributed by atoms with Gasteiger partial charge in [-0.3, -0.25) is 9.89 Å². The van der Waals surface area contributed by atoms with Gasteiger partial charge in [0.05, 0.1) is 5.52 Å². The third kappa shape index (κ3) is 2.33. The summed E-state index contributed by atoms with van der Waals surface area (Å²) in [7, 11) is 0. The van der Waals surface area contributed by atoms with Crippen LogP contribution < -0.4 is 5.73 Å². The molecule has 1 atom stereocenters. The summed E-state index contributed by atoms with van der Waals surface area (Å²) in [5.41, 5.74) is 7.15. The molecule has 1 aliphatic heterocycles. The van der Waals surface area contributed by atoms with Gasteiger partial charge in [-0.15, -0.1) is 0 Å². The van der Waals surface area contributed by atoms with Gasteiger partial charge in [0.1, 0.15) is 0 Å². The molecule has 106 valence electrons. The minimum Gasteiger partial charge on any atom is -0.333 e. The van der Waals surface area contributed by atoms with Gasteiger partial charge in [0.15, 0.2) is 5.69 Å². The number of amides is 1. The molecule has 0 aliphatic carbocycles. The predicted octanol–water partition coefficient (Wildman–Crippen LogP) is 2.28. The highest BCUT2D eigenvalue weighted by Gasteiger charge is 2.28. The van der Waals surface area contributed by atoms with Crippen LogP contribution in [0.1, 0.15) is 29.8 Å². The second kappa shape index (κ2) is 5.54. The first-order valence-electron chi connectivity index (χ1n) is 6.85. The number of benzene rings is 1. The van der Waals surface area contributed by atoms with E-state index >= 15 is 0 Å². The molecule has 2 heterocycles. The van der Waals surface area contributed by atoms with Crippen molar-refractivity contribution in [2.24, 2.45) is 5.73 Å². The van der Waals surface area contributed by atoms with Crippen LogP contribution in [0.2, 0.25) is 0 Å². The Labute approximate surface area is 125 Å². The fourth-order valence-electron chi connectivity index (χ4n) is 2.80. The summed E-state index contributed by atoms with van der Waals surface area (Å²) in [4.78, 5) is 14.6. The zero-order valence-electron chi connectivity index (χ0n) is 11.1. The summed E-state index contributed by atoms with van der Waals surface area (Å²) in [5, 5.41) is 7.97. The van der Waals surface area contributed by atoms with Crippen LogP contribution in [0, 0.1) is 0 Å². The highest BCUT2D eigenvalue weighted by atomic mass is 79.9. The van der Waals surface area contributed by atoms with Gasteiger partial charge in [-0.2, -0.15) is 5.10 Å². The number of likely N-dealkylation sites (tertiary alicyclic amines) is 1. The molecule has 0 radical (unpaired) electrons. The number of rotatable bonds is 2. The van der Waals surface area contributed by atoms with Gasteiger partial charge in [0, 0.05) is 29.0 Å². The van der Waals surface area contributed by atoms with E-state index in [-0.39, 0.29) is 11.9 Å². The van der Waals surface area contributed by atoms with E-state index in [0.29, 0.717) is 12.2 Å². The number of hydrogen-bond acceptors (Lipinski definition) is 3. The molecule has 3 rings (SSSR count). The molecule has 1 saturated heterocycles. The zero-order chi connectivity index (χ0) is 14.1. The molecule has 5 nitrogen and oxygen atoms in total. The minimum atomic E-state index is -0.0236. The van der Waals surface area contributed by atoms with Crippen LogP contribution in [-0.2, 0) is 0 Å². The highest BCUT2D eigenvalue weighted by Crippen LogP contribution is 2.24. The number of aromatic nitrogens is 2. The molecule has 20 heavy (non-hydrogen) atoms. The average Bonchev–Trinajstić information content (AvgIpc) is 2.89. The van der Waals surface area contributed by atoms with Crippen LogP contribution in [0.15, 0.2) is 22.7 Å². The van der Waals surface area contributed by atoms with Crippen molar-refractivity contribution in [2.75, 3.05) is 13.1 Å². The lowest BCUT2D eigenvalue weighted by atomic mass is 10.0. The van der Waals surface area contributed by atoms with Crippen molar-refractivity contribution < 1.29 is 4.79 Å². The van der Waals surface area contributed by atoms with Crippen LogP contribution in [-0.4, -0.2) is 40.1 Å². The number of aromatic amines is 1. The van der Waals surface area contributed by atoms with Gasteiger partial charge in [0.25, 0.3) is 5.91 Å². The fourth-order valence-corrected chi connectivity index (χ4v) is 3.16. The van der Waals surface area contributed by atoms with Crippen molar-refractivity contribution in [3.63, 3.8) is 0 Å². The Morgan fingerprint density at radius 3 is 3.15 bits per heavy atom. The topological polar surface area (TPSA) is 75.0 Å². The first-order chi connectivity index (χ1) is 9.70. The first-order valence-corrected chi connectivity index (χ1v) is 7.64. The largest absolute Gasteiger partial charge is 0.333 e. The molecule has 1 amide bonds. The van der Waals surface area contributed by atoms with Crippen molar-refractivity contribution in [1.82, 2.24) is 15.1 Å². The van der Waals surface area contributed by atoms with Gasteiger partial charge in [-0.05, 0) is 37.5 Å². The zero-order valence-corrected chi connectivity index (χ0v) is 12.7. The summed E-state index contributed by atoms with van der Waals surface area (Å²) in [6, 6.07) is 5.90. The van der Waals surface area contributed by atoms with Crippen molar-refractivity contribution in [2.45, 2.75) is 25.3 Å². The van der Waals surface area contributed by atoms with E-state index in [2.05, 4.69) is 26.1 Å². The van der Waals surface area contributed by atoms with Gasteiger partial charge in [-0.25, -0.2) is 0 Å². The molecule has 1 aromatic carbocycles. The Balaban J connectivity index is 1.97. The van der Waals surface area contributed by atoms with Crippen LogP contribution in [0.5, 0.6) is 0 Å². The summed E-state index contributed by atoms with van der Waals surface area (Å²) in [6.07, 6.45) is 3.15. The van der Waals surface area contributed by atoms with Gasteiger partial charge < -0.3 is 10.6 Å². The summed E-state index contributed by atoms with van der Waals surface area (Å²) < 4.78 is 0.939. The highest BCUT2D eigenvalue weighted by molar-refractivity contribution is 9.10. The lowest BCUT2D eigenvalue weighted by Crippen LogP contribution is -2.47. The predicted molar refractivity (Wildman–Crippen MR) is 81.5 cm³/mol. The van der Waals surface area contributed by atoms with Crippen molar-refractivity contribution in [3.05, 3.63) is 28.4 Å². The molecule has 0 bridgehead atoms. The van der Waals surface area contributed by atoms with E-state index in [4.69, 9.17) is 5.73 Å². The fraction of sp³-hybridized carbons (Fsp3) is 0.429. The molecule has 0 spiro atoms. The monoisotopic (exact) mass is 336 g/mol. The molecule has 2 aromatic rings. The minimum absolute atomic E-state index is 0.0236. The number of piperidine rings is 1. The Hall–Kier alpha value is -1.40. The van der Waals surface area contributed by atoms with Crippen LogP contribution in [0.3, 0.4) is 0 Å². The number of fused-ring (bicyclic) bond motifs is 1. The maximum absolute atomic E-state index is 12.7. The molecule has 0 saturated carbocycles. The lowest BCUT2D eigenvalue weighted by Gasteiger charge is -2.34. The normalized spacial score (nSPS) is 19.5. The third-order valence-electron chi connectivity index (χ3n) is 3.89. The number of nitrogens with one attached hydrogen (secondary N) is 1. The summed E-state index contributed by atoms with van der Waals surface area (Å²) >= 11 is 3.44. The lowest BCUT2D eigenvalue weighted by molar-refractivity contribution is 0.0619. The number of nitrogens with zero attached hydrogens (tertiary/aromatic N) is 2. The SMILES string of the molecule is NCC1CCCCN1C(=O)c1n[nH]c2ccc(Br)cc12. The van der Waals surface area contributed by atoms with Crippen molar-refractivity contribution in [1.29, 1.82) is 0 Å². The van der Waals surface area contributed by atoms with E-state index in [1.807, 2.05) is 23.1 Å². The second-order valence-corrected chi connectivity index (χ2v) is 6.06. The maximum atomic E-state index is 12.7. The first kappa shape index (κ1) is 13.6. The second-order valence-electron chi connectivity index (χ2n) is 5.15. The standard InChI is InChI=1S/C14H17BrN4O/c15-9-4-5-12-11(7-9)13(18-17-12)14(20)19-6-2-1-3-10(19)8-16/h4-5,7,10H,1-3,6,8,16H2,(H,17,18). The Morgan fingerprint density at radius 1 is 1.50 bits per heavy atom. The van der Waals surface area contributed by atoms with Crippen LogP contribution in [0.4, 0.5) is 0 Å². The van der Waals surface area contributed by atoms with E-state index in [1.165, 1.54) is 0 Å². The number of halogens is 1. The van der Waals surface area contributed by atoms with E-state index in [1.54, 1.807) is 0 Å². The smallest absolute Gasteiger partial charge is 0.275 e. The van der Waals surface area contributed by atoms with Gasteiger partial charge >= 0.3 is 0 Å². The molecular weight excluding hydrogens is 320 g/mol. The Kier molecular flexibility index (Phi) is 3.76. The average molecular weight is 337 g/mol. The third-order valence-corrected chi connectivity index (χ3v) is 4.38. The summed E-state index contributed by atoms with van der Waals surface area (Å²) in [5.74, 6) is -0.0236. The maximum Gasteiger partial charge on any atom is 0.275 e. The van der Waals surface area contributed by atoms with Crippen LogP contribution >= 0.6 is 15.9 Å². The Morgan fingerprint density at radius 2 is 2.35 bits per heavy atom. The quantitative estimate of drug-likeness (QED) is 0.883. The van der Waals surface area contributed by atoms with E-state index < -0.39 is 0 Å². The van der Waals surface area contributed by atoms with Crippen LogP contribution in [0.25, 0.3) is 10.9 Å². The molecule has 1 unspecified atom stereocenters. The number of carbonyl (C=O) groups is 1. The number of carbonyl (C=O) groups excluding carboxylic acids is 1. The number of H-pyrrole nitrogens is 1. The Bertz CT molecular complexity index is 639. The van der Waals surface area contributed by atoms with Crippen molar-refractivity contribution in [3.8, 4) is 0 Å². The molecule has 1 fully saturated rings. The summed E-state index contributed by atoms with van der Waals surface area (Å²) in [6.45, 7) is 1.28. The van der Waals surface area contributed by atoms with Gasteiger partial charge in [-0.1, -0.05) is 15.9 Å². The molecule has 1 aliphatic rings. The van der Waals surface area contributed by atoms with E-state index in [0.717, 1.165) is 41.2 Å².